The number of nitrogens with one attached hydrogen (secondary N) is 1. The van der Waals surface area contributed by atoms with Crippen LogP contribution in [0, 0.1) is 5.82 Å². The van der Waals surface area contributed by atoms with E-state index in [0.29, 0.717) is 12.8 Å². The highest BCUT2D eigenvalue weighted by Crippen LogP contribution is 2.17. The van der Waals surface area contributed by atoms with Gasteiger partial charge in [-0.3, -0.25) is 0 Å². The van der Waals surface area contributed by atoms with Gasteiger partial charge >= 0.3 is 0 Å². The van der Waals surface area contributed by atoms with E-state index in [1.54, 1.807) is 13.0 Å². The first-order chi connectivity index (χ1) is 7.53. The Labute approximate surface area is 96.5 Å². The zero-order valence-electron chi connectivity index (χ0n) is 9.96. The Morgan fingerprint density at radius 3 is 2.81 bits per heavy atom. The van der Waals surface area contributed by atoms with Crippen LogP contribution in [-0.4, -0.2) is 23.8 Å². The van der Waals surface area contributed by atoms with Crippen molar-refractivity contribution in [2.45, 2.75) is 32.3 Å². The van der Waals surface area contributed by atoms with E-state index >= 15 is 0 Å². The van der Waals surface area contributed by atoms with Gasteiger partial charge in [-0.05, 0) is 44.1 Å². The van der Waals surface area contributed by atoms with Crippen LogP contribution in [0.1, 0.15) is 25.8 Å². The summed E-state index contributed by atoms with van der Waals surface area (Å²) in [4.78, 5) is 0. The molecule has 0 radical (unpaired) electrons. The average Bonchev–Trinajstić information content (AvgIpc) is 2.17. The quantitative estimate of drug-likeness (QED) is 0.727. The summed E-state index contributed by atoms with van der Waals surface area (Å²) in [6, 6.07) is 6.40. The lowest BCUT2D eigenvalue weighted by Crippen LogP contribution is -2.32. The average molecular weight is 225 g/mol. The van der Waals surface area contributed by atoms with E-state index in [4.69, 9.17) is 0 Å². The van der Waals surface area contributed by atoms with Gasteiger partial charge in [0.2, 0.25) is 0 Å². The lowest BCUT2D eigenvalue weighted by molar-refractivity contribution is 0.0516. The third kappa shape index (κ3) is 4.73. The highest BCUT2D eigenvalue weighted by molar-refractivity contribution is 5.18. The van der Waals surface area contributed by atoms with E-state index in [2.05, 4.69) is 5.32 Å². The fourth-order valence-electron chi connectivity index (χ4n) is 1.71. The molecule has 0 amide bonds. The lowest BCUT2D eigenvalue weighted by Gasteiger charge is -2.23. The van der Waals surface area contributed by atoms with Crippen LogP contribution in [-0.2, 0) is 6.42 Å². The van der Waals surface area contributed by atoms with E-state index in [0.717, 1.165) is 18.7 Å². The third-order valence-corrected chi connectivity index (χ3v) is 2.56. The van der Waals surface area contributed by atoms with Crippen molar-refractivity contribution in [1.82, 2.24) is 5.32 Å². The zero-order valence-corrected chi connectivity index (χ0v) is 9.96. The molecule has 1 aromatic rings. The molecule has 0 saturated heterocycles. The molecule has 0 aliphatic heterocycles. The van der Waals surface area contributed by atoms with Crippen molar-refractivity contribution in [3.05, 3.63) is 35.6 Å². The van der Waals surface area contributed by atoms with Crippen molar-refractivity contribution in [2.75, 3.05) is 13.1 Å². The molecule has 90 valence electrons. The van der Waals surface area contributed by atoms with Gasteiger partial charge < -0.3 is 10.4 Å². The molecule has 2 N–H and O–H groups in total. The summed E-state index contributed by atoms with van der Waals surface area (Å²) in [7, 11) is 0. The van der Waals surface area contributed by atoms with Gasteiger partial charge in [0.1, 0.15) is 5.82 Å². The first kappa shape index (κ1) is 13.1. The summed E-state index contributed by atoms with van der Waals surface area (Å²) in [5, 5.41) is 13.3. The molecule has 0 saturated carbocycles. The van der Waals surface area contributed by atoms with Crippen LogP contribution in [0.25, 0.3) is 0 Å². The van der Waals surface area contributed by atoms with E-state index in [-0.39, 0.29) is 5.82 Å². The Morgan fingerprint density at radius 1 is 1.44 bits per heavy atom. The number of rotatable bonds is 6. The molecule has 16 heavy (non-hydrogen) atoms. The Balaban J connectivity index is 2.51. The highest BCUT2D eigenvalue weighted by atomic mass is 19.1. The minimum Gasteiger partial charge on any atom is -0.390 e. The van der Waals surface area contributed by atoms with E-state index < -0.39 is 5.60 Å². The molecule has 0 spiro atoms. The first-order valence-electron chi connectivity index (χ1n) is 5.71. The molecule has 3 heteroatoms. The maximum atomic E-state index is 13.0. The molecule has 2 nitrogen and oxygen atoms in total. The summed E-state index contributed by atoms with van der Waals surface area (Å²) >= 11 is 0. The second-order valence-electron chi connectivity index (χ2n) is 4.41. The monoisotopic (exact) mass is 225 g/mol. The SMILES string of the molecule is CCNCCC(C)(O)Cc1cccc(F)c1. The maximum absolute atomic E-state index is 13.0. The Morgan fingerprint density at radius 2 is 2.19 bits per heavy atom. The number of hydrogen-bond acceptors (Lipinski definition) is 2. The summed E-state index contributed by atoms with van der Waals surface area (Å²) < 4.78 is 13.0. The predicted octanol–water partition coefficient (Wildman–Crippen LogP) is 2.12. The molecule has 1 atom stereocenters. The molecule has 1 rings (SSSR count). The summed E-state index contributed by atoms with van der Waals surface area (Å²) in [5.41, 5.74) is 0.0529. The van der Waals surface area contributed by atoms with E-state index in [1.165, 1.54) is 12.1 Å². The number of aliphatic hydroxyl groups is 1. The van der Waals surface area contributed by atoms with Gasteiger partial charge in [0.05, 0.1) is 5.60 Å². The van der Waals surface area contributed by atoms with Crippen LogP contribution in [0.15, 0.2) is 24.3 Å². The zero-order chi connectivity index (χ0) is 12.0. The fraction of sp³-hybridized carbons (Fsp3) is 0.538. The topological polar surface area (TPSA) is 32.3 Å². The van der Waals surface area contributed by atoms with Crippen LogP contribution in [0.4, 0.5) is 4.39 Å². The molecule has 0 heterocycles. The number of halogens is 1. The normalized spacial score (nSPS) is 14.8. The van der Waals surface area contributed by atoms with E-state index in [1.807, 2.05) is 13.0 Å². The predicted molar refractivity (Wildman–Crippen MR) is 63.9 cm³/mol. The standard InChI is InChI=1S/C13H20FNO/c1-3-15-8-7-13(2,16)10-11-5-4-6-12(14)9-11/h4-6,9,15-16H,3,7-8,10H2,1-2H3. The number of hydrogen-bond donors (Lipinski definition) is 2. The van der Waals surface area contributed by atoms with Crippen molar-refractivity contribution < 1.29 is 9.50 Å². The van der Waals surface area contributed by atoms with Gasteiger partial charge in [-0.15, -0.1) is 0 Å². The Kier molecular flexibility index (Phi) is 4.90. The molecule has 0 aliphatic carbocycles. The number of benzene rings is 1. The Bertz CT molecular complexity index is 325. The molecular formula is C13H20FNO. The van der Waals surface area contributed by atoms with Gasteiger partial charge in [-0.1, -0.05) is 19.1 Å². The second-order valence-corrected chi connectivity index (χ2v) is 4.41. The van der Waals surface area contributed by atoms with Crippen LogP contribution >= 0.6 is 0 Å². The molecule has 0 aliphatic rings. The molecule has 1 aromatic carbocycles. The van der Waals surface area contributed by atoms with Crippen molar-refractivity contribution in [3.63, 3.8) is 0 Å². The molecule has 1 unspecified atom stereocenters. The van der Waals surface area contributed by atoms with Crippen LogP contribution in [0.5, 0.6) is 0 Å². The molecule has 0 bridgehead atoms. The third-order valence-electron chi connectivity index (χ3n) is 2.56. The van der Waals surface area contributed by atoms with E-state index in [9.17, 15) is 9.50 Å². The largest absolute Gasteiger partial charge is 0.390 e. The lowest BCUT2D eigenvalue weighted by atomic mass is 9.93. The van der Waals surface area contributed by atoms with Crippen LogP contribution in [0.2, 0.25) is 0 Å². The summed E-state index contributed by atoms with van der Waals surface area (Å²) in [6.45, 7) is 5.49. The summed E-state index contributed by atoms with van der Waals surface area (Å²) in [6.07, 6.45) is 1.15. The minimum atomic E-state index is -0.782. The fourth-order valence-corrected chi connectivity index (χ4v) is 1.71. The van der Waals surface area contributed by atoms with Gasteiger partial charge in [0, 0.05) is 6.42 Å². The van der Waals surface area contributed by atoms with Crippen molar-refractivity contribution in [3.8, 4) is 0 Å². The molecular weight excluding hydrogens is 205 g/mol. The first-order valence-corrected chi connectivity index (χ1v) is 5.71. The van der Waals surface area contributed by atoms with Gasteiger partial charge in [0.15, 0.2) is 0 Å². The van der Waals surface area contributed by atoms with Gasteiger partial charge in [-0.2, -0.15) is 0 Å². The van der Waals surface area contributed by atoms with Gasteiger partial charge in [-0.25, -0.2) is 4.39 Å². The van der Waals surface area contributed by atoms with Crippen molar-refractivity contribution >= 4 is 0 Å². The van der Waals surface area contributed by atoms with Crippen molar-refractivity contribution in [2.24, 2.45) is 0 Å². The molecule has 0 aromatic heterocycles. The Hall–Kier alpha value is -0.930. The van der Waals surface area contributed by atoms with Crippen LogP contribution < -0.4 is 5.32 Å². The smallest absolute Gasteiger partial charge is 0.123 e. The molecule has 0 fully saturated rings. The maximum Gasteiger partial charge on any atom is 0.123 e. The second kappa shape index (κ2) is 5.97. The van der Waals surface area contributed by atoms with Crippen LogP contribution in [0.3, 0.4) is 0 Å². The highest BCUT2D eigenvalue weighted by Gasteiger charge is 2.20. The summed E-state index contributed by atoms with van der Waals surface area (Å²) in [5.74, 6) is -0.250. The van der Waals surface area contributed by atoms with Crippen molar-refractivity contribution in [1.29, 1.82) is 0 Å². The van der Waals surface area contributed by atoms with Gasteiger partial charge in [0.25, 0.3) is 0 Å². The minimum absolute atomic E-state index is 0.250.